The van der Waals surface area contributed by atoms with Crippen LogP contribution in [0.3, 0.4) is 0 Å². The molecule has 0 bridgehead atoms. The molecule has 2 aliphatic heterocycles. The highest BCUT2D eigenvalue weighted by molar-refractivity contribution is 5.78. The summed E-state index contributed by atoms with van der Waals surface area (Å²) in [6, 6.07) is 7.74. The van der Waals surface area contributed by atoms with Crippen molar-refractivity contribution in [3.8, 4) is 5.75 Å². The number of amides is 2. The van der Waals surface area contributed by atoms with Crippen LogP contribution in [0.1, 0.15) is 38.2 Å². The minimum absolute atomic E-state index is 0.0471. The lowest BCUT2D eigenvalue weighted by Crippen LogP contribution is -2.52. The van der Waals surface area contributed by atoms with Crippen molar-refractivity contribution in [2.24, 2.45) is 5.41 Å². The Morgan fingerprint density at radius 1 is 1.22 bits per heavy atom. The van der Waals surface area contributed by atoms with Crippen molar-refractivity contribution in [3.05, 3.63) is 29.8 Å². The second kappa shape index (κ2) is 8.74. The van der Waals surface area contributed by atoms with Crippen molar-refractivity contribution in [2.75, 3.05) is 39.8 Å². The van der Waals surface area contributed by atoms with Gasteiger partial charge in [-0.15, -0.1) is 0 Å². The molecule has 2 saturated heterocycles. The van der Waals surface area contributed by atoms with Gasteiger partial charge >= 0.3 is 0 Å². The molecule has 2 heterocycles. The van der Waals surface area contributed by atoms with Gasteiger partial charge in [0.2, 0.25) is 11.8 Å². The van der Waals surface area contributed by atoms with Gasteiger partial charge in [0.25, 0.3) is 0 Å². The van der Waals surface area contributed by atoms with Gasteiger partial charge in [-0.25, -0.2) is 0 Å². The zero-order valence-electron chi connectivity index (χ0n) is 16.5. The summed E-state index contributed by atoms with van der Waals surface area (Å²) in [7, 11) is 1.64. The summed E-state index contributed by atoms with van der Waals surface area (Å²) in [6.07, 6.45) is 3.80. The minimum atomic E-state index is 0.0471. The van der Waals surface area contributed by atoms with E-state index in [1.165, 1.54) is 0 Å². The number of likely N-dealkylation sites (tertiary alicyclic amines) is 2. The lowest BCUT2D eigenvalue weighted by atomic mass is 9.72. The molecule has 0 saturated carbocycles. The highest BCUT2D eigenvalue weighted by Crippen LogP contribution is 2.40. The number of piperidine rings is 2. The van der Waals surface area contributed by atoms with Crippen molar-refractivity contribution in [1.82, 2.24) is 15.1 Å². The molecule has 6 heteroatoms. The summed E-state index contributed by atoms with van der Waals surface area (Å²) in [4.78, 5) is 28.5. The quantitative estimate of drug-likeness (QED) is 0.829. The lowest BCUT2D eigenvalue weighted by molar-refractivity contribution is -0.138. The van der Waals surface area contributed by atoms with Crippen LogP contribution in [0.25, 0.3) is 0 Å². The molecule has 0 radical (unpaired) electrons. The van der Waals surface area contributed by atoms with Crippen LogP contribution >= 0.6 is 0 Å². The first-order chi connectivity index (χ1) is 13.0. The van der Waals surface area contributed by atoms with Crippen LogP contribution in [0, 0.1) is 5.41 Å². The third-order valence-corrected chi connectivity index (χ3v) is 6.08. The van der Waals surface area contributed by atoms with Gasteiger partial charge in [-0.2, -0.15) is 0 Å². The van der Waals surface area contributed by atoms with Gasteiger partial charge in [0.15, 0.2) is 0 Å². The van der Waals surface area contributed by atoms with Gasteiger partial charge < -0.3 is 15.0 Å². The van der Waals surface area contributed by atoms with Gasteiger partial charge in [-0.3, -0.25) is 14.5 Å². The molecule has 1 aromatic rings. The summed E-state index contributed by atoms with van der Waals surface area (Å²) in [5.41, 5.74) is 1.24. The van der Waals surface area contributed by atoms with Crippen LogP contribution in [0.2, 0.25) is 0 Å². The molecule has 0 aliphatic carbocycles. The zero-order valence-corrected chi connectivity index (χ0v) is 16.5. The highest BCUT2D eigenvalue weighted by atomic mass is 16.5. The fourth-order valence-corrected chi connectivity index (χ4v) is 4.29. The average Bonchev–Trinajstić information content (AvgIpc) is 2.70. The molecule has 0 atom stereocenters. The highest BCUT2D eigenvalue weighted by Gasteiger charge is 2.40. The van der Waals surface area contributed by atoms with E-state index in [0.29, 0.717) is 25.4 Å². The van der Waals surface area contributed by atoms with E-state index in [4.69, 9.17) is 4.74 Å². The molecule has 2 fully saturated rings. The molecule has 1 aromatic carbocycles. The van der Waals surface area contributed by atoms with E-state index >= 15 is 0 Å². The van der Waals surface area contributed by atoms with E-state index < -0.39 is 0 Å². The van der Waals surface area contributed by atoms with Gasteiger partial charge in [0.05, 0.1) is 13.7 Å². The largest absolute Gasteiger partial charge is 0.496 e. The first kappa shape index (κ1) is 19.7. The number of rotatable bonds is 6. The Morgan fingerprint density at radius 3 is 2.67 bits per heavy atom. The third kappa shape index (κ3) is 4.80. The molecule has 1 spiro atoms. The van der Waals surface area contributed by atoms with Crippen molar-refractivity contribution in [2.45, 2.75) is 39.2 Å². The van der Waals surface area contributed by atoms with Crippen LogP contribution in [0.5, 0.6) is 5.75 Å². The maximum absolute atomic E-state index is 12.3. The number of ether oxygens (including phenoxy) is 1. The second-order valence-electron chi connectivity index (χ2n) is 7.77. The topological polar surface area (TPSA) is 61.9 Å². The average molecular weight is 373 g/mol. The number of nitrogens with one attached hydrogen (secondary N) is 1. The van der Waals surface area contributed by atoms with Crippen LogP contribution in [-0.4, -0.2) is 61.4 Å². The number of para-hydroxylation sites is 1. The molecule has 27 heavy (non-hydrogen) atoms. The van der Waals surface area contributed by atoms with Crippen molar-refractivity contribution >= 4 is 11.8 Å². The Kier molecular flexibility index (Phi) is 6.37. The molecule has 2 amide bonds. The van der Waals surface area contributed by atoms with E-state index in [1.807, 2.05) is 29.2 Å². The van der Waals surface area contributed by atoms with E-state index in [2.05, 4.69) is 17.1 Å². The monoisotopic (exact) mass is 373 g/mol. The minimum Gasteiger partial charge on any atom is -0.496 e. The first-order valence-electron chi connectivity index (χ1n) is 9.94. The Labute approximate surface area is 161 Å². The van der Waals surface area contributed by atoms with Crippen molar-refractivity contribution in [3.63, 3.8) is 0 Å². The zero-order chi connectivity index (χ0) is 19.3. The SMILES string of the molecule is CCN1CC2(CCC1=O)CCN(CC(=O)NCc1ccccc1OC)CC2. The van der Waals surface area contributed by atoms with Crippen LogP contribution in [0.4, 0.5) is 0 Å². The van der Waals surface area contributed by atoms with Crippen molar-refractivity contribution < 1.29 is 14.3 Å². The molecule has 0 unspecified atom stereocenters. The van der Waals surface area contributed by atoms with Gasteiger partial charge in [0, 0.05) is 31.6 Å². The number of carbonyl (C=O) groups is 2. The Balaban J connectivity index is 1.45. The standard InChI is InChI=1S/C21H31N3O3/c1-3-24-16-21(9-8-20(24)26)10-12-23(13-11-21)15-19(25)22-14-17-6-4-5-7-18(17)27-2/h4-7H,3,8-16H2,1-2H3,(H,22,25). The number of hydrogen-bond donors (Lipinski definition) is 1. The molecule has 0 aromatic heterocycles. The van der Waals surface area contributed by atoms with Gasteiger partial charge in [-0.05, 0) is 50.8 Å². The molecule has 2 aliphatic rings. The second-order valence-corrected chi connectivity index (χ2v) is 7.77. The van der Waals surface area contributed by atoms with Crippen LogP contribution in [-0.2, 0) is 16.1 Å². The summed E-state index contributed by atoms with van der Waals surface area (Å²) < 4.78 is 5.33. The van der Waals surface area contributed by atoms with E-state index in [1.54, 1.807) is 7.11 Å². The number of carbonyl (C=O) groups excluding carboxylic acids is 2. The van der Waals surface area contributed by atoms with Gasteiger partial charge in [-0.1, -0.05) is 18.2 Å². The lowest BCUT2D eigenvalue weighted by Gasteiger charge is -2.47. The maximum atomic E-state index is 12.3. The van der Waals surface area contributed by atoms with E-state index in [-0.39, 0.29) is 11.3 Å². The van der Waals surface area contributed by atoms with Crippen LogP contribution in [0.15, 0.2) is 24.3 Å². The molecule has 148 valence electrons. The fraction of sp³-hybridized carbons (Fsp3) is 0.619. The maximum Gasteiger partial charge on any atom is 0.234 e. The van der Waals surface area contributed by atoms with E-state index in [9.17, 15) is 9.59 Å². The smallest absolute Gasteiger partial charge is 0.234 e. The summed E-state index contributed by atoms with van der Waals surface area (Å²) in [6.45, 7) is 6.50. The molecular formula is C21H31N3O3. The molecular weight excluding hydrogens is 342 g/mol. The summed E-state index contributed by atoms with van der Waals surface area (Å²) in [5.74, 6) is 1.14. The first-order valence-corrected chi connectivity index (χ1v) is 9.94. The van der Waals surface area contributed by atoms with Crippen LogP contribution < -0.4 is 10.1 Å². The number of benzene rings is 1. The Hall–Kier alpha value is -2.08. The number of nitrogens with zero attached hydrogens (tertiary/aromatic N) is 2. The normalized spacial score (nSPS) is 19.9. The number of methoxy groups -OCH3 is 1. The third-order valence-electron chi connectivity index (χ3n) is 6.08. The summed E-state index contributed by atoms with van der Waals surface area (Å²) in [5, 5.41) is 3.00. The Bertz CT molecular complexity index is 668. The molecule has 6 nitrogen and oxygen atoms in total. The fourth-order valence-electron chi connectivity index (χ4n) is 4.29. The molecule has 3 rings (SSSR count). The van der Waals surface area contributed by atoms with E-state index in [0.717, 1.165) is 56.8 Å². The summed E-state index contributed by atoms with van der Waals surface area (Å²) >= 11 is 0. The van der Waals surface area contributed by atoms with Crippen molar-refractivity contribution in [1.29, 1.82) is 0 Å². The number of hydrogen-bond acceptors (Lipinski definition) is 4. The Morgan fingerprint density at radius 2 is 1.96 bits per heavy atom. The molecule has 1 N–H and O–H groups in total. The predicted octanol–water partition coefficient (Wildman–Crippen LogP) is 2.04. The van der Waals surface area contributed by atoms with Gasteiger partial charge in [0.1, 0.15) is 5.75 Å². The predicted molar refractivity (Wildman–Crippen MR) is 104 cm³/mol.